The number of nitrogens with one attached hydrogen (secondary N) is 1. The first kappa shape index (κ1) is 14.1. The summed E-state index contributed by atoms with van der Waals surface area (Å²) in [5, 5.41) is 11.9. The van der Waals surface area contributed by atoms with Crippen LogP contribution in [-0.4, -0.2) is 17.6 Å². The fourth-order valence-electron chi connectivity index (χ4n) is 1.88. The molecule has 0 spiro atoms. The van der Waals surface area contributed by atoms with Crippen molar-refractivity contribution in [3.63, 3.8) is 0 Å². The highest BCUT2D eigenvalue weighted by Crippen LogP contribution is 2.20. The SMILES string of the molecule is CCOc1ccccc1C(=O)Nc1cccc(CO)c1. The Balaban J connectivity index is 2.19. The van der Waals surface area contributed by atoms with Gasteiger partial charge >= 0.3 is 0 Å². The van der Waals surface area contributed by atoms with Gasteiger partial charge in [-0.3, -0.25) is 4.79 Å². The van der Waals surface area contributed by atoms with Crippen molar-refractivity contribution in [2.24, 2.45) is 0 Å². The second kappa shape index (κ2) is 6.73. The van der Waals surface area contributed by atoms with Gasteiger partial charge in [-0.2, -0.15) is 0 Å². The van der Waals surface area contributed by atoms with E-state index < -0.39 is 0 Å². The van der Waals surface area contributed by atoms with E-state index in [0.29, 0.717) is 23.6 Å². The third-order valence-electron chi connectivity index (χ3n) is 2.80. The largest absolute Gasteiger partial charge is 0.493 e. The fraction of sp³-hybridized carbons (Fsp3) is 0.188. The van der Waals surface area contributed by atoms with Crippen molar-refractivity contribution >= 4 is 11.6 Å². The summed E-state index contributed by atoms with van der Waals surface area (Å²) in [6.45, 7) is 2.32. The molecular weight excluding hydrogens is 254 g/mol. The molecule has 0 unspecified atom stereocenters. The number of amides is 1. The van der Waals surface area contributed by atoms with Gasteiger partial charge in [-0.25, -0.2) is 0 Å². The van der Waals surface area contributed by atoms with Crippen molar-refractivity contribution in [3.05, 3.63) is 59.7 Å². The predicted molar refractivity (Wildman–Crippen MR) is 77.9 cm³/mol. The molecule has 2 aromatic carbocycles. The summed E-state index contributed by atoms with van der Waals surface area (Å²) in [6.07, 6.45) is 0. The van der Waals surface area contributed by atoms with Crippen molar-refractivity contribution < 1.29 is 14.6 Å². The number of carbonyl (C=O) groups excluding carboxylic acids is 1. The Morgan fingerprint density at radius 3 is 2.75 bits per heavy atom. The van der Waals surface area contributed by atoms with Gasteiger partial charge in [-0.15, -0.1) is 0 Å². The zero-order valence-corrected chi connectivity index (χ0v) is 11.3. The number of aliphatic hydroxyl groups is 1. The van der Waals surface area contributed by atoms with E-state index >= 15 is 0 Å². The van der Waals surface area contributed by atoms with Gasteiger partial charge in [0, 0.05) is 5.69 Å². The summed E-state index contributed by atoms with van der Waals surface area (Å²) in [4.78, 5) is 12.3. The summed E-state index contributed by atoms with van der Waals surface area (Å²) in [6, 6.07) is 14.2. The highest BCUT2D eigenvalue weighted by Gasteiger charge is 2.12. The zero-order chi connectivity index (χ0) is 14.4. The minimum absolute atomic E-state index is 0.0563. The van der Waals surface area contributed by atoms with Crippen molar-refractivity contribution in [1.29, 1.82) is 0 Å². The zero-order valence-electron chi connectivity index (χ0n) is 11.3. The second-order valence-electron chi connectivity index (χ2n) is 4.24. The minimum Gasteiger partial charge on any atom is -0.493 e. The Morgan fingerprint density at radius 1 is 1.20 bits per heavy atom. The van der Waals surface area contributed by atoms with Crippen LogP contribution in [0.25, 0.3) is 0 Å². The molecule has 0 bridgehead atoms. The Morgan fingerprint density at radius 2 is 2.00 bits per heavy atom. The lowest BCUT2D eigenvalue weighted by Gasteiger charge is -2.10. The first-order chi connectivity index (χ1) is 9.74. The van der Waals surface area contributed by atoms with Crippen molar-refractivity contribution in [1.82, 2.24) is 0 Å². The van der Waals surface area contributed by atoms with Crippen LogP contribution in [0.3, 0.4) is 0 Å². The van der Waals surface area contributed by atoms with Gasteiger partial charge in [-0.05, 0) is 36.8 Å². The Bertz CT molecular complexity index is 596. The van der Waals surface area contributed by atoms with E-state index in [4.69, 9.17) is 9.84 Å². The van der Waals surface area contributed by atoms with Crippen molar-refractivity contribution in [3.8, 4) is 5.75 Å². The van der Waals surface area contributed by atoms with Gasteiger partial charge in [0.2, 0.25) is 0 Å². The van der Waals surface area contributed by atoms with E-state index in [1.807, 2.05) is 13.0 Å². The molecule has 0 saturated heterocycles. The average molecular weight is 271 g/mol. The monoisotopic (exact) mass is 271 g/mol. The Labute approximate surface area is 118 Å². The molecule has 20 heavy (non-hydrogen) atoms. The van der Waals surface area contributed by atoms with Crippen LogP contribution in [-0.2, 0) is 6.61 Å². The maximum absolute atomic E-state index is 12.3. The fourth-order valence-corrected chi connectivity index (χ4v) is 1.88. The number of rotatable bonds is 5. The molecular formula is C16H17NO3. The summed E-state index contributed by atoms with van der Waals surface area (Å²) in [7, 11) is 0. The standard InChI is InChI=1S/C16H17NO3/c1-2-20-15-9-4-3-8-14(15)16(19)17-13-7-5-6-12(10-13)11-18/h3-10,18H,2,11H2,1H3,(H,17,19). The number of hydrogen-bond donors (Lipinski definition) is 2. The molecule has 2 rings (SSSR count). The number of ether oxygens (including phenoxy) is 1. The van der Waals surface area contributed by atoms with Crippen LogP contribution in [0.5, 0.6) is 5.75 Å². The number of hydrogen-bond acceptors (Lipinski definition) is 3. The number of carbonyl (C=O) groups is 1. The van der Waals surface area contributed by atoms with Gasteiger partial charge < -0.3 is 15.2 Å². The van der Waals surface area contributed by atoms with Crippen LogP contribution < -0.4 is 10.1 Å². The molecule has 0 fully saturated rings. The molecule has 0 aliphatic rings. The lowest BCUT2D eigenvalue weighted by atomic mass is 10.1. The first-order valence-electron chi connectivity index (χ1n) is 6.47. The quantitative estimate of drug-likeness (QED) is 0.879. The van der Waals surface area contributed by atoms with Gasteiger partial charge in [0.1, 0.15) is 5.75 Å². The lowest BCUT2D eigenvalue weighted by Crippen LogP contribution is -2.13. The highest BCUT2D eigenvalue weighted by molar-refractivity contribution is 6.06. The number of aliphatic hydroxyl groups excluding tert-OH is 1. The summed E-state index contributed by atoms with van der Waals surface area (Å²) in [5.74, 6) is 0.329. The van der Waals surface area contributed by atoms with Gasteiger partial charge in [0.25, 0.3) is 5.91 Å². The van der Waals surface area contributed by atoms with E-state index in [9.17, 15) is 4.79 Å². The van der Waals surface area contributed by atoms with Crippen LogP contribution in [0.2, 0.25) is 0 Å². The van der Waals surface area contributed by atoms with Gasteiger partial charge in [-0.1, -0.05) is 24.3 Å². The Kier molecular flexibility index (Phi) is 4.74. The molecule has 0 aromatic heterocycles. The molecule has 0 aliphatic heterocycles. The summed E-state index contributed by atoms with van der Waals surface area (Å²) >= 11 is 0. The van der Waals surface area contributed by atoms with Crippen molar-refractivity contribution in [2.45, 2.75) is 13.5 Å². The molecule has 4 heteroatoms. The molecule has 2 aromatic rings. The van der Waals surface area contributed by atoms with Crippen LogP contribution in [0.15, 0.2) is 48.5 Å². The number of anilines is 1. The maximum atomic E-state index is 12.3. The first-order valence-corrected chi connectivity index (χ1v) is 6.47. The normalized spacial score (nSPS) is 10.1. The van der Waals surface area contributed by atoms with Crippen LogP contribution in [0, 0.1) is 0 Å². The molecule has 1 amide bonds. The third-order valence-corrected chi connectivity index (χ3v) is 2.80. The second-order valence-corrected chi connectivity index (χ2v) is 4.24. The van der Waals surface area contributed by atoms with E-state index in [2.05, 4.69) is 5.32 Å². The summed E-state index contributed by atoms with van der Waals surface area (Å²) in [5.41, 5.74) is 1.89. The smallest absolute Gasteiger partial charge is 0.259 e. The molecule has 0 atom stereocenters. The number of para-hydroxylation sites is 1. The van der Waals surface area contributed by atoms with Gasteiger partial charge in [0.05, 0.1) is 18.8 Å². The average Bonchev–Trinajstić information content (AvgIpc) is 2.48. The molecule has 0 radical (unpaired) electrons. The van der Waals surface area contributed by atoms with Crippen molar-refractivity contribution in [2.75, 3.05) is 11.9 Å². The molecule has 0 saturated carbocycles. The molecule has 2 N–H and O–H groups in total. The predicted octanol–water partition coefficient (Wildman–Crippen LogP) is 2.83. The molecule has 4 nitrogen and oxygen atoms in total. The van der Waals surface area contributed by atoms with E-state index in [1.54, 1.807) is 42.5 Å². The highest BCUT2D eigenvalue weighted by atomic mass is 16.5. The van der Waals surface area contributed by atoms with Crippen LogP contribution >= 0.6 is 0 Å². The minimum atomic E-state index is -0.232. The van der Waals surface area contributed by atoms with Crippen LogP contribution in [0.1, 0.15) is 22.8 Å². The number of benzene rings is 2. The Hall–Kier alpha value is -2.33. The summed E-state index contributed by atoms with van der Waals surface area (Å²) < 4.78 is 5.44. The maximum Gasteiger partial charge on any atom is 0.259 e. The van der Waals surface area contributed by atoms with Crippen LogP contribution in [0.4, 0.5) is 5.69 Å². The van der Waals surface area contributed by atoms with E-state index in [1.165, 1.54) is 0 Å². The lowest BCUT2D eigenvalue weighted by molar-refractivity contribution is 0.102. The topological polar surface area (TPSA) is 58.6 Å². The third kappa shape index (κ3) is 3.36. The van der Waals surface area contributed by atoms with Gasteiger partial charge in [0.15, 0.2) is 0 Å². The van der Waals surface area contributed by atoms with E-state index in [-0.39, 0.29) is 12.5 Å². The van der Waals surface area contributed by atoms with E-state index in [0.717, 1.165) is 5.56 Å². The molecule has 0 aliphatic carbocycles. The molecule has 104 valence electrons. The molecule has 0 heterocycles.